The molecular weight excluding hydrogens is 142 g/mol. The van der Waals surface area contributed by atoms with Crippen molar-refractivity contribution in [3.8, 4) is 11.3 Å². The Labute approximate surface area is 62.9 Å². The molecule has 0 radical (unpaired) electrons. The van der Waals surface area contributed by atoms with Crippen LogP contribution in [0.5, 0.6) is 0 Å². The number of nitrogens with zero attached hydrogens (tertiary/aromatic N) is 3. The van der Waals surface area contributed by atoms with Crippen molar-refractivity contribution in [3.05, 3.63) is 31.4 Å². The zero-order chi connectivity index (χ0) is 7.52. The maximum Gasteiger partial charge on any atom is 0.181 e. The molecule has 0 aromatic carbocycles. The minimum absolute atomic E-state index is 0.755. The molecule has 4 nitrogen and oxygen atoms in total. The van der Waals surface area contributed by atoms with Gasteiger partial charge in [-0.15, -0.1) is 0 Å². The molecule has 2 aromatic heterocycles. The zero-order valence-corrected chi connectivity index (χ0v) is 5.64. The second-order valence-corrected chi connectivity index (χ2v) is 2.00. The van der Waals surface area contributed by atoms with Crippen molar-refractivity contribution in [2.24, 2.45) is 0 Å². The summed E-state index contributed by atoms with van der Waals surface area (Å²) in [6.45, 7) is 0. The molecule has 0 aliphatic heterocycles. The summed E-state index contributed by atoms with van der Waals surface area (Å²) in [5.41, 5.74) is 1.62. The Balaban J connectivity index is 2.46. The fourth-order valence-electron chi connectivity index (χ4n) is 0.786. The van der Waals surface area contributed by atoms with Crippen molar-refractivity contribution in [2.45, 2.75) is 0 Å². The molecule has 2 rings (SSSR count). The second kappa shape index (κ2) is 2.49. The van der Waals surface area contributed by atoms with Gasteiger partial charge >= 0.3 is 0 Å². The molecule has 2 aromatic rings. The summed E-state index contributed by atoms with van der Waals surface area (Å²) in [5.74, 6) is 0. The Morgan fingerprint density at radius 1 is 1.18 bits per heavy atom. The highest BCUT2D eigenvalue weighted by atomic mass is 16.3. The third-order valence-corrected chi connectivity index (χ3v) is 1.29. The van der Waals surface area contributed by atoms with Gasteiger partial charge in [-0.25, -0.2) is 15.0 Å². The molecule has 0 spiro atoms. The zero-order valence-electron chi connectivity index (χ0n) is 5.64. The fraction of sp³-hybridized carbons (Fsp3) is 0. The largest absolute Gasteiger partial charge is 0.451 e. The summed E-state index contributed by atoms with van der Waals surface area (Å²) in [5, 5.41) is 0. The van der Waals surface area contributed by atoms with Crippen LogP contribution in [0, 0.1) is 0 Å². The average Bonchev–Trinajstić information content (AvgIpc) is 2.58. The Morgan fingerprint density at radius 3 is 2.64 bits per heavy atom. The normalized spacial score (nSPS) is 9.82. The van der Waals surface area contributed by atoms with E-state index in [0.717, 1.165) is 11.3 Å². The van der Waals surface area contributed by atoms with Gasteiger partial charge in [0.05, 0.1) is 0 Å². The first-order valence-electron chi connectivity index (χ1n) is 3.10. The standard InChI is InChI=1S/C7H5N3O/c1-6(2-9-4-8-1)7-3-11-5-10-7/h1-5H. The molecule has 0 N–H and O–H groups in total. The van der Waals surface area contributed by atoms with Crippen LogP contribution in [-0.4, -0.2) is 15.0 Å². The lowest BCUT2D eigenvalue weighted by Crippen LogP contribution is -1.80. The van der Waals surface area contributed by atoms with E-state index in [1.807, 2.05) is 0 Å². The molecule has 0 atom stereocenters. The summed E-state index contributed by atoms with van der Waals surface area (Å²) in [7, 11) is 0. The van der Waals surface area contributed by atoms with Crippen molar-refractivity contribution in [2.75, 3.05) is 0 Å². The molecule has 11 heavy (non-hydrogen) atoms. The maximum atomic E-state index is 4.80. The molecule has 54 valence electrons. The van der Waals surface area contributed by atoms with E-state index in [4.69, 9.17) is 4.42 Å². The molecule has 0 bridgehead atoms. The van der Waals surface area contributed by atoms with E-state index in [0.29, 0.717) is 0 Å². The van der Waals surface area contributed by atoms with Crippen molar-refractivity contribution < 1.29 is 4.42 Å². The fourth-order valence-corrected chi connectivity index (χ4v) is 0.786. The van der Waals surface area contributed by atoms with Crippen LogP contribution in [-0.2, 0) is 0 Å². The number of aromatic nitrogens is 3. The van der Waals surface area contributed by atoms with Crippen LogP contribution in [0.2, 0.25) is 0 Å². The lowest BCUT2D eigenvalue weighted by molar-refractivity contribution is 0.558. The SMILES string of the molecule is c1ncc(-c2cocn2)cn1. The maximum absolute atomic E-state index is 4.80. The van der Waals surface area contributed by atoms with Gasteiger partial charge in [0.25, 0.3) is 0 Å². The molecule has 0 amide bonds. The molecule has 0 aliphatic rings. The van der Waals surface area contributed by atoms with E-state index < -0.39 is 0 Å². The lowest BCUT2D eigenvalue weighted by atomic mass is 10.3. The number of hydrogen-bond acceptors (Lipinski definition) is 4. The van der Waals surface area contributed by atoms with Crippen LogP contribution in [0.4, 0.5) is 0 Å². The molecule has 2 heterocycles. The molecule has 0 saturated heterocycles. The topological polar surface area (TPSA) is 51.8 Å². The monoisotopic (exact) mass is 147 g/mol. The number of rotatable bonds is 1. The molecular formula is C7H5N3O. The smallest absolute Gasteiger partial charge is 0.181 e. The number of oxazole rings is 1. The van der Waals surface area contributed by atoms with Crippen LogP contribution in [0.1, 0.15) is 0 Å². The van der Waals surface area contributed by atoms with Gasteiger partial charge in [-0.1, -0.05) is 0 Å². The summed E-state index contributed by atoms with van der Waals surface area (Å²) in [4.78, 5) is 11.6. The van der Waals surface area contributed by atoms with E-state index in [1.54, 1.807) is 18.7 Å². The molecule has 0 fully saturated rings. The summed E-state index contributed by atoms with van der Waals surface area (Å²) < 4.78 is 4.80. The van der Waals surface area contributed by atoms with Crippen LogP contribution in [0.3, 0.4) is 0 Å². The van der Waals surface area contributed by atoms with Gasteiger partial charge in [-0.05, 0) is 0 Å². The first-order chi connectivity index (χ1) is 5.47. The molecule has 4 heteroatoms. The third kappa shape index (κ3) is 1.10. The Bertz CT molecular complexity index is 317. The summed E-state index contributed by atoms with van der Waals surface area (Å²) in [6.07, 6.45) is 7.78. The predicted molar refractivity (Wildman–Crippen MR) is 37.5 cm³/mol. The van der Waals surface area contributed by atoms with Gasteiger partial charge in [-0.2, -0.15) is 0 Å². The molecule has 0 unspecified atom stereocenters. The van der Waals surface area contributed by atoms with Crippen LogP contribution < -0.4 is 0 Å². The van der Waals surface area contributed by atoms with Crippen molar-refractivity contribution in [1.82, 2.24) is 15.0 Å². The molecule has 0 saturated carbocycles. The van der Waals surface area contributed by atoms with Crippen LogP contribution in [0.15, 0.2) is 35.8 Å². The Morgan fingerprint density at radius 2 is 2.00 bits per heavy atom. The lowest BCUT2D eigenvalue weighted by Gasteiger charge is -1.89. The summed E-state index contributed by atoms with van der Waals surface area (Å²) >= 11 is 0. The molecule has 0 aliphatic carbocycles. The van der Waals surface area contributed by atoms with Gasteiger partial charge in [0.15, 0.2) is 6.39 Å². The van der Waals surface area contributed by atoms with Gasteiger partial charge in [0, 0.05) is 18.0 Å². The van der Waals surface area contributed by atoms with Crippen LogP contribution in [0.25, 0.3) is 11.3 Å². The Hall–Kier alpha value is -1.71. The number of hydrogen-bond donors (Lipinski definition) is 0. The first-order valence-corrected chi connectivity index (χ1v) is 3.10. The van der Waals surface area contributed by atoms with E-state index in [1.165, 1.54) is 12.7 Å². The Kier molecular flexibility index (Phi) is 1.37. The summed E-state index contributed by atoms with van der Waals surface area (Å²) in [6, 6.07) is 0. The quantitative estimate of drug-likeness (QED) is 0.606. The van der Waals surface area contributed by atoms with Gasteiger partial charge < -0.3 is 4.42 Å². The van der Waals surface area contributed by atoms with Crippen molar-refractivity contribution in [1.29, 1.82) is 0 Å². The van der Waals surface area contributed by atoms with Crippen LogP contribution >= 0.6 is 0 Å². The van der Waals surface area contributed by atoms with E-state index in [2.05, 4.69) is 15.0 Å². The van der Waals surface area contributed by atoms with E-state index >= 15 is 0 Å². The van der Waals surface area contributed by atoms with E-state index in [-0.39, 0.29) is 0 Å². The van der Waals surface area contributed by atoms with Gasteiger partial charge in [0.2, 0.25) is 0 Å². The highest BCUT2D eigenvalue weighted by Gasteiger charge is 1.98. The minimum Gasteiger partial charge on any atom is -0.451 e. The highest BCUT2D eigenvalue weighted by Crippen LogP contribution is 2.12. The van der Waals surface area contributed by atoms with E-state index in [9.17, 15) is 0 Å². The second-order valence-electron chi connectivity index (χ2n) is 2.00. The average molecular weight is 147 g/mol. The van der Waals surface area contributed by atoms with Gasteiger partial charge in [-0.3, -0.25) is 0 Å². The highest BCUT2D eigenvalue weighted by molar-refractivity contribution is 5.54. The minimum atomic E-state index is 0.755. The first kappa shape index (κ1) is 6.03. The third-order valence-electron chi connectivity index (χ3n) is 1.29. The van der Waals surface area contributed by atoms with Crippen molar-refractivity contribution >= 4 is 0 Å². The van der Waals surface area contributed by atoms with Crippen molar-refractivity contribution in [3.63, 3.8) is 0 Å². The van der Waals surface area contributed by atoms with Gasteiger partial charge in [0.1, 0.15) is 18.3 Å². The predicted octanol–water partition coefficient (Wildman–Crippen LogP) is 1.13.